The molecule has 1 aromatic carbocycles. The highest BCUT2D eigenvalue weighted by Gasteiger charge is 2.12. The van der Waals surface area contributed by atoms with Crippen LogP contribution in [0.15, 0.2) is 64.4 Å². The van der Waals surface area contributed by atoms with Crippen LogP contribution < -0.4 is 5.32 Å². The van der Waals surface area contributed by atoms with Crippen molar-refractivity contribution >= 4 is 17.7 Å². The van der Waals surface area contributed by atoms with Crippen molar-refractivity contribution in [2.45, 2.75) is 11.4 Å². The van der Waals surface area contributed by atoms with Crippen LogP contribution in [-0.2, 0) is 6.54 Å². The fourth-order valence-corrected chi connectivity index (χ4v) is 2.61. The maximum absolute atomic E-state index is 12.3. The number of rotatable bonds is 5. The van der Waals surface area contributed by atoms with Crippen molar-refractivity contribution in [1.82, 2.24) is 15.3 Å². The van der Waals surface area contributed by atoms with Gasteiger partial charge >= 0.3 is 0 Å². The van der Waals surface area contributed by atoms with E-state index in [1.807, 2.05) is 30.5 Å². The van der Waals surface area contributed by atoms with E-state index in [0.29, 0.717) is 22.7 Å². The molecule has 5 nitrogen and oxygen atoms in total. The molecule has 116 valence electrons. The molecule has 6 heteroatoms. The van der Waals surface area contributed by atoms with E-state index in [9.17, 15) is 4.79 Å². The summed E-state index contributed by atoms with van der Waals surface area (Å²) in [5, 5.41) is 2.88. The minimum Gasteiger partial charge on any atom is -0.463 e. The van der Waals surface area contributed by atoms with Crippen LogP contribution in [0.3, 0.4) is 0 Å². The van der Waals surface area contributed by atoms with Crippen LogP contribution in [0.5, 0.6) is 0 Å². The topological polar surface area (TPSA) is 68.0 Å². The summed E-state index contributed by atoms with van der Waals surface area (Å²) in [6.07, 6.45) is 6.76. The highest BCUT2D eigenvalue weighted by Crippen LogP contribution is 2.20. The summed E-state index contributed by atoms with van der Waals surface area (Å²) in [5.74, 6) is 0.490. The maximum Gasteiger partial charge on any atom is 0.251 e. The Morgan fingerprint density at radius 2 is 2.09 bits per heavy atom. The molecule has 1 amide bonds. The summed E-state index contributed by atoms with van der Waals surface area (Å²) in [7, 11) is 0. The second kappa shape index (κ2) is 7.11. The minimum atomic E-state index is -0.142. The molecule has 0 bridgehead atoms. The fraction of sp³-hybridized carbons (Fsp3) is 0.118. The molecule has 2 heterocycles. The maximum atomic E-state index is 12.3. The Labute approximate surface area is 138 Å². The Balaban J connectivity index is 1.75. The number of carbonyl (C=O) groups is 1. The van der Waals surface area contributed by atoms with E-state index in [1.165, 1.54) is 0 Å². The van der Waals surface area contributed by atoms with Crippen LogP contribution in [-0.4, -0.2) is 22.1 Å². The molecule has 0 spiro atoms. The van der Waals surface area contributed by atoms with E-state index in [0.717, 1.165) is 4.90 Å². The van der Waals surface area contributed by atoms with Crippen LogP contribution in [0.1, 0.15) is 16.1 Å². The number of thioether (sulfide) groups is 1. The summed E-state index contributed by atoms with van der Waals surface area (Å²) in [4.78, 5) is 21.9. The Bertz CT molecular complexity index is 803. The standard InChI is InChI=1S/C17H15N3O2S/c1-23-13-5-2-4-12(10-13)17(21)20-11-14-16(19-8-7-18-14)15-6-3-9-22-15/h2-10H,11H2,1H3,(H,20,21). The normalized spacial score (nSPS) is 10.5. The van der Waals surface area contributed by atoms with E-state index >= 15 is 0 Å². The SMILES string of the molecule is CSc1cccc(C(=O)NCc2nccnc2-c2ccco2)c1. The Kier molecular flexibility index (Phi) is 4.73. The third-order valence-corrected chi connectivity index (χ3v) is 4.00. The molecule has 0 saturated heterocycles. The van der Waals surface area contributed by atoms with Gasteiger partial charge in [-0.1, -0.05) is 6.07 Å². The van der Waals surface area contributed by atoms with Crippen LogP contribution in [0.25, 0.3) is 11.5 Å². The molecule has 23 heavy (non-hydrogen) atoms. The number of aromatic nitrogens is 2. The predicted octanol–water partition coefficient (Wildman–Crippen LogP) is 3.39. The lowest BCUT2D eigenvalue weighted by Gasteiger charge is -2.08. The smallest absolute Gasteiger partial charge is 0.251 e. The van der Waals surface area contributed by atoms with Gasteiger partial charge in [0.15, 0.2) is 5.76 Å². The second-order valence-electron chi connectivity index (χ2n) is 4.74. The lowest BCUT2D eigenvalue weighted by molar-refractivity contribution is 0.0950. The monoisotopic (exact) mass is 325 g/mol. The van der Waals surface area contributed by atoms with Crippen molar-refractivity contribution in [3.05, 3.63) is 66.3 Å². The summed E-state index contributed by atoms with van der Waals surface area (Å²) < 4.78 is 5.36. The van der Waals surface area contributed by atoms with Crippen LogP contribution in [0.2, 0.25) is 0 Å². The molecule has 0 saturated carbocycles. The van der Waals surface area contributed by atoms with Crippen LogP contribution in [0, 0.1) is 0 Å². The number of carbonyl (C=O) groups excluding carboxylic acids is 1. The van der Waals surface area contributed by atoms with Crippen molar-refractivity contribution in [1.29, 1.82) is 0 Å². The molecule has 0 radical (unpaired) electrons. The first-order valence-corrected chi connectivity index (χ1v) is 8.26. The number of nitrogens with one attached hydrogen (secondary N) is 1. The molecule has 0 atom stereocenters. The fourth-order valence-electron chi connectivity index (χ4n) is 2.15. The van der Waals surface area contributed by atoms with Crippen LogP contribution in [0.4, 0.5) is 0 Å². The van der Waals surface area contributed by atoms with Crippen LogP contribution >= 0.6 is 11.8 Å². The quantitative estimate of drug-likeness (QED) is 0.728. The highest BCUT2D eigenvalue weighted by molar-refractivity contribution is 7.98. The zero-order valence-electron chi connectivity index (χ0n) is 12.5. The van der Waals surface area contributed by atoms with E-state index in [1.54, 1.807) is 42.6 Å². The van der Waals surface area contributed by atoms with E-state index in [2.05, 4.69) is 15.3 Å². The molecule has 0 aliphatic rings. The van der Waals surface area contributed by atoms with Crippen molar-refractivity contribution in [3.8, 4) is 11.5 Å². The Morgan fingerprint density at radius 1 is 1.22 bits per heavy atom. The van der Waals surface area contributed by atoms with Gasteiger partial charge in [0.1, 0.15) is 5.69 Å². The molecule has 0 fully saturated rings. The van der Waals surface area contributed by atoms with Gasteiger partial charge in [-0.15, -0.1) is 11.8 Å². The van der Waals surface area contributed by atoms with E-state index < -0.39 is 0 Å². The molecule has 2 aromatic heterocycles. The first-order chi connectivity index (χ1) is 11.3. The number of amides is 1. The first kappa shape index (κ1) is 15.3. The van der Waals surface area contributed by atoms with Gasteiger partial charge in [0.2, 0.25) is 0 Å². The van der Waals surface area contributed by atoms with Gasteiger partial charge in [-0.05, 0) is 36.6 Å². The minimum absolute atomic E-state index is 0.142. The number of hydrogen-bond acceptors (Lipinski definition) is 5. The van der Waals surface area contributed by atoms with Crippen molar-refractivity contribution in [2.24, 2.45) is 0 Å². The summed E-state index contributed by atoms with van der Waals surface area (Å²) in [6, 6.07) is 11.1. The van der Waals surface area contributed by atoms with Gasteiger partial charge in [0, 0.05) is 22.9 Å². The lowest BCUT2D eigenvalue weighted by Crippen LogP contribution is -2.23. The largest absolute Gasteiger partial charge is 0.463 e. The third kappa shape index (κ3) is 3.60. The molecule has 1 N–H and O–H groups in total. The van der Waals surface area contributed by atoms with Crippen molar-refractivity contribution in [3.63, 3.8) is 0 Å². The lowest BCUT2D eigenvalue weighted by atomic mass is 10.2. The van der Waals surface area contributed by atoms with Crippen molar-refractivity contribution < 1.29 is 9.21 Å². The number of benzene rings is 1. The number of hydrogen-bond donors (Lipinski definition) is 1. The summed E-state index contributed by atoms with van der Waals surface area (Å²) in [6.45, 7) is 0.284. The third-order valence-electron chi connectivity index (χ3n) is 3.28. The highest BCUT2D eigenvalue weighted by atomic mass is 32.2. The van der Waals surface area contributed by atoms with Crippen molar-refractivity contribution in [2.75, 3.05) is 6.26 Å². The average molecular weight is 325 g/mol. The van der Waals surface area contributed by atoms with Gasteiger partial charge in [0.05, 0.1) is 18.5 Å². The van der Waals surface area contributed by atoms with Gasteiger partial charge in [-0.3, -0.25) is 9.78 Å². The first-order valence-electron chi connectivity index (χ1n) is 7.04. The zero-order valence-corrected chi connectivity index (χ0v) is 13.3. The molecular weight excluding hydrogens is 310 g/mol. The van der Waals surface area contributed by atoms with E-state index in [-0.39, 0.29) is 12.5 Å². The van der Waals surface area contributed by atoms with E-state index in [4.69, 9.17) is 4.42 Å². The number of furan rings is 1. The molecule has 0 aliphatic heterocycles. The average Bonchev–Trinajstić information content (AvgIpc) is 3.14. The zero-order chi connectivity index (χ0) is 16.1. The predicted molar refractivity (Wildman–Crippen MR) is 89.1 cm³/mol. The second-order valence-corrected chi connectivity index (χ2v) is 5.62. The molecule has 3 rings (SSSR count). The molecule has 0 unspecified atom stereocenters. The number of nitrogens with zero attached hydrogens (tertiary/aromatic N) is 2. The van der Waals surface area contributed by atoms with Gasteiger partial charge in [-0.25, -0.2) is 4.98 Å². The molecule has 3 aromatic rings. The van der Waals surface area contributed by atoms with Gasteiger partial charge in [-0.2, -0.15) is 0 Å². The van der Waals surface area contributed by atoms with Gasteiger partial charge < -0.3 is 9.73 Å². The Hall–Kier alpha value is -2.60. The Morgan fingerprint density at radius 3 is 2.87 bits per heavy atom. The summed E-state index contributed by atoms with van der Waals surface area (Å²) in [5.41, 5.74) is 1.92. The summed E-state index contributed by atoms with van der Waals surface area (Å²) >= 11 is 1.60. The van der Waals surface area contributed by atoms with Gasteiger partial charge in [0.25, 0.3) is 5.91 Å². The molecule has 0 aliphatic carbocycles. The molecular formula is C17H15N3O2S.